The summed E-state index contributed by atoms with van der Waals surface area (Å²) in [5, 5.41) is 9.17. The quantitative estimate of drug-likeness (QED) is 0.854. The van der Waals surface area contributed by atoms with Gasteiger partial charge in [-0.05, 0) is 54.0 Å². The lowest BCUT2D eigenvalue weighted by atomic mass is 10.2. The Morgan fingerprint density at radius 1 is 0.824 bits per heavy atom. The Hall–Kier alpha value is -2.22. The van der Waals surface area contributed by atoms with Gasteiger partial charge in [0.1, 0.15) is 17.2 Å². The molecule has 2 aromatic carbocycles. The number of benzene rings is 2. The highest BCUT2D eigenvalue weighted by Crippen LogP contribution is 2.32. The molecule has 0 heterocycles. The Bertz CT molecular complexity index is 550. The highest BCUT2D eigenvalue weighted by atomic mass is 16.5. The van der Waals surface area contributed by atoms with Crippen LogP contribution in [0.25, 0.3) is 5.57 Å². The van der Waals surface area contributed by atoms with Crippen molar-refractivity contribution in [3.05, 3.63) is 60.2 Å². The molecular weight excluding hydrogens is 212 g/mol. The molecule has 2 heteroatoms. The van der Waals surface area contributed by atoms with E-state index in [-0.39, 0.29) is 5.75 Å². The van der Waals surface area contributed by atoms with Gasteiger partial charge in [-0.2, -0.15) is 0 Å². The van der Waals surface area contributed by atoms with Gasteiger partial charge in [-0.3, -0.25) is 0 Å². The van der Waals surface area contributed by atoms with Gasteiger partial charge in [-0.25, -0.2) is 0 Å². The third-order valence-electron chi connectivity index (χ3n) is 2.71. The highest BCUT2D eigenvalue weighted by molar-refractivity contribution is 5.77. The largest absolute Gasteiger partial charge is 0.508 e. The van der Waals surface area contributed by atoms with E-state index in [1.165, 1.54) is 11.1 Å². The molecule has 0 saturated carbocycles. The van der Waals surface area contributed by atoms with E-state index in [4.69, 9.17) is 9.84 Å². The van der Waals surface area contributed by atoms with Crippen LogP contribution in [-0.2, 0) is 0 Å². The summed E-state index contributed by atoms with van der Waals surface area (Å²) in [4.78, 5) is 0. The fraction of sp³-hybridized carbons (Fsp3) is 0.0667. The molecule has 17 heavy (non-hydrogen) atoms. The first-order chi connectivity index (χ1) is 8.31. The number of hydrogen-bond acceptors (Lipinski definition) is 2. The standard InChI is InChI=1S/C15H12O2/c16-13-5-9-15(10-6-13)17-14-7-3-12(4-8-14)11-1-2-11/h1,3-10,16H,2H2. The summed E-state index contributed by atoms with van der Waals surface area (Å²) in [6.07, 6.45) is 3.31. The molecule has 2 nitrogen and oxygen atoms in total. The number of aromatic hydroxyl groups is 1. The Kier molecular flexibility index (Phi) is 2.33. The Balaban J connectivity index is 1.76. The molecule has 0 aromatic heterocycles. The molecule has 0 spiro atoms. The van der Waals surface area contributed by atoms with Crippen molar-refractivity contribution in [1.29, 1.82) is 0 Å². The zero-order valence-electron chi connectivity index (χ0n) is 9.26. The third kappa shape index (κ3) is 2.31. The van der Waals surface area contributed by atoms with Crippen molar-refractivity contribution in [3.8, 4) is 17.2 Å². The summed E-state index contributed by atoms with van der Waals surface area (Å²) in [6.45, 7) is 0. The molecule has 0 radical (unpaired) electrons. The molecule has 1 N–H and O–H groups in total. The summed E-state index contributed by atoms with van der Waals surface area (Å²) in [5.74, 6) is 1.77. The van der Waals surface area contributed by atoms with Crippen LogP contribution in [0.4, 0.5) is 0 Å². The topological polar surface area (TPSA) is 29.5 Å². The molecule has 1 aliphatic carbocycles. The van der Waals surface area contributed by atoms with Crippen molar-refractivity contribution in [3.63, 3.8) is 0 Å². The second-order valence-electron chi connectivity index (χ2n) is 4.05. The van der Waals surface area contributed by atoms with Gasteiger partial charge in [-0.15, -0.1) is 0 Å². The van der Waals surface area contributed by atoms with Crippen LogP contribution < -0.4 is 4.74 Å². The molecule has 0 unspecified atom stereocenters. The molecule has 0 fully saturated rings. The summed E-state index contributed by atoms with van der Waals surface area (Å²) in [5.41, 5.74) is 2.67. The van der Waals surface area contributed by atoms with Crippen LogP contribution in [0.15, 0.2) is 54.6 Å². The number of allylic oxidation sites excluding steroid dienone is 2. The molecule has 0 bridgehead atoms. The smallest absolute Gasteiger partial charge is 0.127 e. The zero-order chi connectivity index (χ0) is 11.7. The second-order valence-corrected chi connectivity index (χ2v) is 4.05. The van der Waals surface area contributed by atoms with Crippen LogP contribution >= 0.6 is 0 Å². The van der Waals surface area contributed by atoms with Gasteiger partial charge in [0.15, 0.2) is 0 Å². The first-order valence-electron chi connectivity index (χ1n) is 5.58. The van der Waals surface area contributed by atoms with E-state index in [9.17, 15) is 0 Å². The molecule has 0 amide bonds. The summed E-state index contributed by atoms with van der Waals surface area (Å²) >= 11 is 0. The minimum atomic E-state index is 0.244. The maximum atomic E-state index is 9.17. The van der Waals surface area contributed by atoms with E-state index in [2.05, 4.69) is 18.2 Å². The van der Waals surface area contributed by atoms with Crippen molar-refractivity contribution in [2.45, 2.75) is 6.42 Å². The lowest BCUT2D eigenvalue weighted by Crippen LogP contribution is -1.83. The lowest BCUT2D eigenvalue weighted by molar-refractivity contribution is 0.464. The van der Waals surface area contributed by atoms with Gasteiger partial charge in [0.25, 0.3) is 0 Å². The molecular formula is C15H12O2. The van der Waals surface area contributed by atoms with Crippen molar-refractivity contribution in [2.24, 2.45) is 0 Å². The predicted molar refractivity (Wildman–Crippen MR) is 67.2 cm³/mol. The lowest BCUT2D eigenvalue weighted by Gasteiger charge is -2.06. The van der Waals surface area contributed by atoms with E-state index in [1.807, 2.05) is 12.1 Å². The highest BCUT2D eigenvalue weighted by Gasteiger charge is 2.09. The average molecular weight is 224 g/mol. The van der Waals surface area contributed by atoms with Crippen LogP contribution in [0.3, 0.4) is 0 Å². The maximum absolute atomic E-state index is 9.17. The maximum Gasteiger partial charge on any atom is 0.127 e. The minimum Gasteiger partial charge on any atom is -0.508 e. The number of phenols is 1. The van der Waals surface area contributed by atoms with Gasteiger partial charge < -0.3 is 9.84 Å². The predicted octanol–water partition coefficient (Wildman–Crippen LogP) is 3.97. The number of ether oxygens (including phenoxy) is 1. The van der Waals surface area contributed by atoms with E-state index >= 15 is 0 Å². The molecule has 0 aliphatic heterocycles. The summed E-state index contributed by atoms with van der Waals surface area (Å²) in [7, 11) is 0. The van der Waals surface area contributed by atoms with E-state index in [1.54, 1.807) is 24.3 Å². The number of rotatable bonds is 3. The van der Waals surface area contributed by atoms with Crippen LogP contribution in [0, 0.1) is 0 Å². The van der Waals surface area contributed by atoms with Crippen LogP contribution in [0.5, 0.6) is 17.2 Å². The normalized spacial score (nSPS) is 13.1. The third-order valence-corrected chi connectivity index (χ3v) is 2.71. The molecule has 1 aliphatic rings. The van der Waals surface area contributed by atoms with Crippen molar-refractivity contribution in [2.75, 3.05) is 0 Å². The van der Waals surface area contributed by atoms with Crippen molar-refractivity contribution >= 4 is 5.57 Å². The van der Waals surface area contributed by atoms with Crippen molar-refractivity contribution in [1.82, 2.24) is 0 Å². The average Bonchev–Trinajstić information content (AvgIpc) is 3.17. The van der Waals surface area contributed by atoms with E-state index in [0.717, 1.165) is 17.9 Å². The zero-order valence-corrected chi connectivity index (χ0v) is 9.26. The Morgan fingerprint density at radius 3 is 1.88 bits per heavy atom. The number of hydrogen-bond donors (Lipinski definition) is 1. The SMILES string of the molecule is Oc1ccc(Oc2ccc(C3=CC3)cc2)cc1. The van der Waals surface area contributed by atoms with Crippen LogP contribution in [0.2, 0.25) is 0 Å². The minimum absolute atomic E-state index is 0.244. The number of phenolic OH excluding ortho intramolecular Hbond substituents is 1. The van der Waals surface area contributed by atoms with E-state index < -0.39 is 0 Å². The van der Waals surface area contributed by atoms with Gasteiger partial charge >= 0.3 is 0 Å². The van der Waals surface area contributed by atoms with E-state index in [0.29, 0.717) is 0 Å². The monoisotopic (exact) mass is 224 g/mol. The molecule has 2 aromatic rings. The first kappa shape index (κ1) is 9.97. The molecule has 0 saturated heterocycles. The first-order valence-corrected chi connectivity index (χ1v) is 5.58. The fourth-order valence-corrected chi connectivity index (χ4v) is 1.67. The summed E-state index contributed by atoms with van der Waals surface area (Å²) in [6, 6.07) is 14.8. The van der Waals surface area contributed by atoms with Gasteiger partial charge in [0.05, 0.1) is 0 Å². The Labute approximate surface area is 99.8 Å². The van der Waals surface area contributed by atoms with Gasteiger partial charge in [0, 0.05) is 0 Å². The fourth-order valence-electron chi connectivity index (χ4n) is 1.67. The van der Waals surface area contributed by atoms with Crippen molar-refractivity contribution < 1.29 is 9.84 Å². The molecule has 84 valence electrons. The molecule has 3 rings (SSSR count). The van der Waals surface area contributed by atoms with Gasteiger partial charge in [0.2, 0.25) is 0 Å². The van der Waals surface area contributed by atoms with Crippen LogP contribution in [0.1, 0.15) is 12.0 Å². The second kappa shape index (κ2) is 3.98. The molecule has 0 atom stereocenters. The summed E-state index contributed by atoms with van der Waals surface area (Å²) < 4.78 is 5.66. The van der Waals surface area contributed by atoms with Gasteiger partial charge in [-0.1, -0.05) is 18.2 Å². The Morgan fingerprint density at radius 2 is 1.35 bits per heavy atom. The van der Waals surface area contributed by atoms with Crippen LogP contribution in [-0.4, -0.2) is 5.11 Å².